The molecule has 23 heavy (non-hydrogen) atoms. The molecular formula is C21H39NO. The maximum Gasteiger partial charge on any atom is 0.222 e. The van der Waals surface area contributed by atoms with Gasteiger partial charge in [-0.25, -0.2) is 0 Å². The van der Waals surface area contributed by atoms with Gasteiger partial charge in [0.1, 0.15) is 0 Å². The van der Waals surface area contributed by atoms with E-state index in [1.807, 2.05) is 4.90 Å². The van der Waals surface area contributed by atoms with E-state index in [2.05, 4.69) is 19.1 Å². The monoisotopic (exact) mass is 321 g/mol. The SMILES string of the molecule is CCCCCCCC/C=C/CCCCCCCC(=O)N1CCC1. The maximum absolute atomic E-state index is 11.7. The highest BCUT2D eigenvalue weighted by Crippen LogP contribution is 2.13. The third-order valence-electron chi connectivity index (χ3n) is 4.86. The predicted octanol–water partition coefficient (Wildman–Crippen LogP) is 6.26. The first-order valence-electron chi connectivity index (χ1n) is 10.3. The minimum atomic E-state index is 0.383. The fourth-order valence-corrected chi connectivity index (χ4v) is 3.07. The molecule has 0 unspecified atom stereocenters. The number of hydrogen-bond donors (Lipinski definition) is 0. The number of nitrogens with zero attached hydrogens (tertiary/aromatic N) is 1. The number of likely N-dealkylation sites (tertiary alicyclic amines) is 1. The van der Waals surface area contributed by atoms with E-state index < -0.39 is 0 Å². The number of unbranched alkanes of at least 4 members (excludes halogenated alkanes) is 11. The van der Waals surface area contributed by atoms with E-state index in [9.17, 15) is 4.79 Å². The van der Waals surface area contributed by atoms with Gasteiger partial charge in [-0.3, -0.25) is 4.79 Å². The Kier molecular flexibility index (Phi) is 13.0. The van der Waals surface area contributed by atoms with E-state index in [0.717, 1.165) is 25.9 Å². The van der Waals surface area contributed by atoms with Crippen LogP contribution in [0.15, 0.2) is 12.2 Å². The van der Waals surface area contributed by atoms with Gasteiger partial charge >= 0.3 is 0 Å². The smallest absolute Gasteiger partial charge is 0.222 e. The number of allylic oxidation sites excluding steroid dienone is 2. The van der Waals surface area contributed by atoms with Crippen molar-refractivity contribution in [2.45, 2.75) is 103 Å². The van der Waals surface area contributed by atoms with Gasteiger partial charge in [-0.2, -0.15) is 0 Å². The summed E-state index contributed by atoms with van der Waals surface area (Å²) in [5.41, 5.74) is 0. The van der Waals surface area contributed by atoms with Gasteiger partial charge in [-0.1, -0.05) is 70.4 Å². The Labute approximate surface area is 144 Å². The van der Waals surface area contributed by atoms with Crippen molar-refractivity contribution in [3.63, 3.8) is 0 Å². The third-order valence-corrected chi connectivity index (χ3v) is 4.86. The molecule has 0 saturated carbocycles. The van der Waals surface area contributed by atoms with Gasteiger partial charge < -0.3 is 4.90 Å². The van der Waals surface area contributed by atoms with Crippen molar-refractivity contribution in [3.05, 3.63) is 12.2 Å². The average molecular weight is 322 g/mol. The van der Waals surface area contributed by atoms with Crippen LogP contribution >= 0.6 is 0 Å². The number of rotatable bonds is 15. The molecule has 1 amide bonds. The van der Waals surface area contributed by atoms with E-state index in [4.69, 9.17) is 0 Å². The first-order chi connectivity index (χ1) is 11.3. The molecular weight excluding hydrogens is 282 g/mol. The van der Waals surface area contributed by atoms with Crippen LogP contribution in [0.5, 0.6) is 0 Å². The summed E-state index contributed by atoms with van der Waals surface area (Å²) < 4.78 is 0. The van der Waals surface area contributed by atoms with Crippen LogP contribution in [-0.4, -0.2) is 23.9 Å². The van der Waals surface area contributed by atoms with Crippen molar-refractivity contribution in [1.82, 2.24) is 4.90 Å². The minimum absolute atomic E-state index is 0.383. The van der Waals surface area contributed by atoms with Crippen LogP contribution in [0.3, 0.4) is 0 Å². The predicted molar refractivity (Wildman–Crippen MR) is 101 cm³/mol. The second kappa shape index (κ2) is 14.8. The summed E-state index contributed by atoms with van der Waals surface area (Å²) in [6.45, 7) is 4.28. The lowest BCUT2D eigenvalue weighted by atomic mass is 10.1. The summed E-state index contributed by atoms with van der Waals surface area (Å²) in [6.07, 6.45) is 23.8. The van der Waals surface area contributed by atoms with Crippen molar-refractivity contribution in [1.29, 1.82) is 0 Å². The summed E-state index contributed by atoms with van der Waals surface area (Å²) in [5, 5.41) is 0. The van der Waals surface area contributed by atoms with Crippen molar-refractivity contribution in [2.75, 3.05) is 13.1 Å². The highest BCUT2D eigenvalue weighted by Gasteiger charge is 2.18. The Bertz CT molecular complexity index is 307. The molecule has 0 N–H and O–H groups in total. The molecule has 0 radical (unpaired) electrons. The van der Waals surface area contributed by atoms with Gasteiger partial charge in [0.2, 0.25) is 5.91 Å². The largest absolute Gasteiger partial charge is 0.343 e. The van der Waals surface area contributed by atoms with E-state index >= 15 is 0 Å². The van der Waals surface area contributed by atoms with Crippen molar-refractivity contribution in [3.8, 4) is 0 Å². The maximum atomic E-state index is 11.7. The molecule has 0 aromatic carbocycles. The number of hydrogen-bond acceptors (Lipinski definition) is 1. The van der Waals surface area contributed by atoms with Gasteiger partial charge in [0.25, 0.3) is 0 Å². The molecule has 1 fully saturated rings. The Morgan fingerprint density at radius 2 is 1.30 bits per heavy atom. The average Bonchev–Trinajstić information content (AvgIpc) is 2.49. The van der Waals surface area contributed by atoms with E-state index in [1.165, 1.54) is 83.5 Å². The zero-order valence-electron chi connectivity index (χ0n) is 15.5. The van der Waals surface area contributed by atoms with Gasteiger partial charge in [-0.15, -0.1) is 0 Å². The molecule has 2 nitrogen and oxygen atoms in total. The van der Waals surface area contributed by atoms with E-state index in [-0.39, 0.29) is 0 Å². The fourth-order valence-electron chi connectivity index (χ4n) is 3.07. The van der Waals surface area contributed by atoms with E-state index in [0.29, 0.717) is 5.91 Å². The number of carbonyl (C=O) groups excluding carboxylic acids is 1. The van der Waals surface area contributed by atoms with Gasteiger partial charge in [0.15, 0.2) is 0 Å². The Hall–Kier alpha value is -0.790. The van der Waals surface area contributed by atoms with Crippen LogP contribution in [-0.2, 0) is 4.79 Å². The van der Waals surface area contributed by atoms with Crippen LogP contribution in [0, 0.1) is 0 Å². The zero-order chi connectivity index (χ0) is 16.6. The zero-order valence-corrected chi connectivity index (χ0v) is 15.5. The van der Waals surface area contributed by atoms with Gasteiger partial charge in [0, 0.05) is 19.5 Å². The van der Waals surface area contributed by atoms with E-state index in [1.54, 1.807) is 0 Å². The fraction of sp³-hybridized carbons (Fsp3) is 0.857. The summed E-state index contributed by atoms with van der Waals surface area (Å²) in [6, 6.07) is 0. The van der Waals surface area contributed by atoms with Crippen molar-refractivity contribution >= 4 is 5.91 Å². The lowest BCUT2D eigenvalue weighted by Gasteiger charge is -2.30. The topological polar surface area (TPSA) is 20.3 Å². The molecule has 1 aliphatic heterocycles. The second-order valence-corrected chi connectivity index (χ2v) is 7.07. The minimum Gasteiger partial charge on any atom is -0.343 e. The van der Waals surface area contributed by atoms with Crippen molar-refractivity contribution in [2.24, 2.45) is 0 Å². The first kappa shape index (κ1) is 20.3. The first-order valence-corrected chi connectivity index (χ1v) is 10.3. The molecule has 0 atom stereocenters. The number of amides is 1. The summed E-state index contributed by atoms with van der Waals surface area (Å²) in [4.78, 5) is 13.7. The highest BCUT2D eigenvalue weighted by molar-refractivity contribution is 5.76. The third kappa shape index (κ3) is 11.4. The van der Waals surface area contributed by atoms with Crippen LogP contribution < -0.4 is 0 Å². The lowest BCUT2D eigenvalue weighted by molar-refractivity contribution is -0.134. The van der Waals surface area contributed by atoms with Crippen molar-refractivity contribution < 1.29 is 4.79 Å². The molecule has 1 rings (SSSR count). The molecule has 0 aliphatic carbocycles. The van der Waals surface area contributed by atoms with Gasteiger partial charge in [-0.05, 0) is 38.5 Å². The molecule has 134 valence electrons. The molecule has 1 heterocycles. The standard InChI is InChI=1S/C21H39NO/c1-2-3-4-5-6-7-8-9-10-11-12-13-14-15-16-18-21(23)22-19-17-20-22/h9-10H,2-8,11-20H2,1H3/b10-9+. The Morgan fingerprint density at radius 1 is 0.783 bits per heavy atom. The molecule has 1 aliphatic rings. The number of carbonyl (C=O) groups is 1. The lowest BCUT2D eigenvalue weighted by Crippen LogP contribution is -2.41. The molecule has 1 saturated heterocycles. The summed E-state index contributed by atoms with van der Waals surface area (Å²) in [7, 11) is 0. The second-order valence-electron chi connectivity index (χ2n) is 7.07. The van der Waals surface area contributed by atoms with Gasteiger partial charge in [0.05, 0.1) is 0 Å². The van der Waals surface area contributed by atoms with Crippen LogP contribution in [0.1, 0.15) is 103 Å². The van der Waals surface area contributed by atoms with Crippen LogP contribution in [0.25, 0.3) is 0 Å². The molecule has 0 aromatic rings. The summed E-state index contributed by atoms with van der Waals surface area (Å²) >= 11 is 0. The molecule has 0 spiro atoms. The van der Waals surface area contributed by atoms with Crippen LogP contribution in [0.2, 0.25) is 0 Å². The molecule has 0 bridgehead atoms. The van der Waals surface area contributed by atoms with Crippen LogP contribution in [0.4, 0.5) is 0 Å². The Balaban J connectivity index is 1.73. The quantitative estimate of drug-likeness (QED) is 0.257. The summed E-state index contributed by atoms with van der Waals surface area (Å²) in [5.74, 6) is 0.383. The molecule has 2 heteroatoms. The highest BCUT2D eigenvalue weighted by atomic mass is 16.2. The Morgan fingerprint density at radius 3 is 1.83 bits per heavy atom. The molecule has 0 aromatic heterocycles. The normalized spacial score (nSPS) is 14.4.